The predicted molar refractivity (Wildman–Crippen MR) is 144 cm³/mol. The summed E-state index contributed by atoms with van der Waals surface area (Å²) in [5, 5.41) is 25.1. The molecule has 2 N–H and O–H groups in total. The summed E-state index contributed by atoms with van der Waals surface area (Å²) in [5.74, 6) is -0.301. The summed E-state index contributed by atoms with van der Waals surface area (Å²) >= 11 is 5.46. The smallest absolute Gasteiger partial charge is 0.410 e. The zero-order valence-electron chi connectivity index (χ0n) is 20.2. The van der Waals surface area contributed by atoms with Crippen LogP contribution in [0, 0.1) is 5.41 Å². The number of benzene rings is 2. The Morgan fingerprint density at radius 3 is 2.54 bits per heavy atom. The number of carboxylic acids is 1. The number of aliphatic carboxylic acids is 1. The quantitative estimate of drug-likeness (QED) is 0.256. The minimum atomic E-state index is -0.916. The van der Waals surface area contributed by atoms with Gasteiger partial charge in [-0.1, -0.05) is 43.2 Å². The molecule has 9 nitrogen and oxygen atoms in total. The van der Waals surface area contributed by atoms with Crippen molar-refractivity contribution in [3.8, 4) is 21.8 Å². The third-order valence-corrected chi connectivity index (χ3v) is 9.16. The molecule has 0 radical (unpaired) electrons. The molecule has 0 aliphatic heterocycles. The Morgan fingerprint density at radius 2 is 1.89 bits per heavy atom. The first kappa shape index (κ1) is 25.3. The molecule has 1 aliphatic carbocycles. The lowest BCUT2D eigenvalue weighted by molar-refractivity contribution is -0.149. The second kappa shape index (κ2) is 10.6. The highest BCUT2D eigenvalue weighted by molar-refractivity contribution is 9.10. The molecule has 192 valence electrons. The maximum Gasteiger partial charge on any atom is 0.410 e. The number of nitrogens with zero attached hydrogens (tertiary/aromatic N) is 4. The van der Waals surface area contributed by atoms with Crippen LogP contribution in [0.2, 0.25) is 0 Å². The minimum absolute atomic E-state index is 0.141. The molecule has 0 saturated heterocycles. The molecule has 2 aromatic heterocycles. The minimum Gasteiger partial charge on any atom is -0.481 e. The van der Waals surface area contributed by atoms with Crippen LogP contribution in [0.15, 0.2) is 46.9 Å². The van der Waals surface area contributed by atoms with Crippen molar-refractivity contribution in [1.82, 2.24) is 25.5 Å². The molecule has 0 spiro atoms. The fourth-order valence-electron chi connectivity index (χ4n) is 4.93. The van der Waals surface area contributed by atoms with E-state index in [-0.39, 0.29) is 19.7 Å². The van der Waals surface area contributed by atoms with Gasteiger partial charge in [0.2, 0.25) is 5.82 Å². The Morgan fingerprint density at radius 1 is 1.16 bits per heavy atom. The third kappa shape index (κ3) is 5.10. The molecule has 1 amide bonds. The second-order valence-electron chi connectivity index (χ2n) is 9.24. The van der Waals surface area contributed by atoms with Gasteiger partial charge in [-0.3, -0.25) is 4.79 Å². The molecule has 2 heterocycles. The van der Waals surface area contributed by atoms with E-state index in [9.17, 15) is 14.7 Å². The lowest BCUT2D eigenvalue weighted by atomic mass is 9.85. The summed E-state index contributed by atoms with van der Waals surface area (Å²) in [6.07, 6.45) is 2.37. The highest BCUT2D eigenvalue weighted by Crippen LogP contribution is 2.43. The number of carbonyl (C=O) groups excluding carboxylic acids is 1. The van der Waals surface area contributed by atoms with Crippen LogP contribution in [0.5, 0.6) is 0 Å². The van der Waals surface area contributed by atoms with Crippen LogP contribution in [0.4, 0.5) is 4.79 Å². The van der Waals surface area contributed by atoms with Crippen molar-refractivity contribution in [2.24, 2.45) is 5.41 Å². The fourth-order valence-corrected chi connectivity index (χ4v) is 6.94. The molecule has 0 unspecified atom stereocenters. The molecule has 0 atom stereocenters. The zero-order valence-corrected chi connectivity index (χ0v) is 22.6. The van der Waals surface area contributed by atoms with Crippen molar-refractivity contribution in [3.05, 3.63) is 52.5 Å². The average molecular weight is 584 g/mol. The first-order valence-corrected chi connectivity index (χ1v) is 13.7. The number of fused-ring (bicyclic) bond motifs is 1. The molecule has 37 heavy (non-hydrogen) atoms. The molecular formula is C26H26BrN5O4S. The standard InChI is InChI=1S/C26H26BrN5O4S/c1-2-36-25(35)32(15-26(24(33)34)11-3-4-12-26)14-16-5-10-20-19(13-16)21(27)22(37-20)17-6-8-18(9-7-17)23-28-30-31-29-23/h5-10,13H,2-4,11-12,14-15H2,1H3,(H,33,34)(H,28,29,30,31). The number of hydrogen-bond donors (Lipinski definition) is 2. The Balaban J connectivity index is 1.42. The van der Waals surface area contributed by atoms with E-state index in [0.717, 1.165) is 49.0 Å². The maximum atomic E-state index is 12.8. The van der Waals surface area contributed by atoms with Crippen LogP contribution >= 0.6 is 27.3 Å². The van der Waals surface area contributed by atoms with Crippen LogP contribution in [-0.2, 0) is 16.1 Å². The van der Waals surface area contributed by atoms with Gasteiger partial charge in [0.15, 0.2) is 0 Å². The molecule has 5 rings (SSSR count). The SMILES string of the molecule is CCOC(=O)N(Cc1ccc2sc(-c3ccc(-c4nn[nH]n4)cc3)c(Br)c2c1)CC1(C(=O)O)CCCC1. The summed E-state index contributed by atoms with van der Waals surface area (Å²) in [6, 6.07) is 14.1. The Bertz CT molecular complexity index is 1420. The number of nitrogens with one attached hydrogen (secondary N) is 1. The molecule has 0 bridgehead atoms. The highest BCUT2D eigenvalue weighted by Gasteiger charge is 2.43. The summed E-state index contributed by atoms with van der Waals surface area (Å²) < 4.78 is 7.37. The van der Waals surface area contributed by atoms with E-state index in [4.69, 9.17) is 4.74 Å². The number of ether oxygens (including phenoxy) is 1. The number of carboxylic acid groups (broad SMARTS) is 1. The number of thiophene rings is 1. The second-order valence-corrected chi connectivity index (χ2v) is 11.1. The lowest BCUT2D eigenvalue weighted by Gasteiger charge is -2.31. The summed E-state index contributed by atoms with van der Waals surface area (Å²) in [7, 11) is 0. The van der Waals surface area contributed by atoms with E-state index in [1.54, 1.807) is 23.2 Å². The van der Waals surface area contributed by atoms with Crippen LogP contribution in [0.25, 0.3) is 31.9 Å². The van der Waals surface area contributed by atoms with Crippen molar-refractivity contribution >= 4 is 49.4 Å². The van der Waals surface area contributed by atoms with Gasteiger partial charge in [-0.25, -0.2) is 4.79 Å². The van der Waals surface area contributed by atoms with Crippen LogP contribution in [0.3, 0.4) is 0 Å². The van der Waals surface area contributed by atoms with Gasteiger partial charge < -0.3 is 14.7 Å². The Labute approximate surface area is 226 Å². The number of aromatic nitrogens is 4. The summed E-state index contributed by atoms with van der Waals surface area (Å²) in [6.45, 7) is 2.41. The number of rotatable bonds is 8. The Kier molecular flexibility index (Phi) is 7.25. The molecule has 1 saturated carbocycles. The topological polar surface area (TPSA) is 121 Å². The van der Waals surface area contributed by atoms with Gasteiger partial charge in [-0.05, 0) is 64.2 Å². The van der Waals surface area contributed by atoms with Gasteiger partial charge in [-0.2, -0.15) is 5.21 Å². The maximum absolute atomic E-state index is 12.8. The first-order chi connectivity index (χ1) is 17.9. The monoisotopic (exact) mass is 583 g/mol. The van der Waals surface area contributed by atoms with E-state index in [0.29, 0.717) is 18.7 Å². The predicted octanol–water partition coefficient (Wildman–Crippen LogP) is 6.11. The molecule has 11 heteroatoms. The van der Waals surface area contributed by atoms with Gasteiger partial charge in [0.25, 0.3) is 0 Å². The number of hydrogen-bond acceptors (Lipinski definition) is 7. The molecule has 2 aromatic carbocycles. The molecule has 1 aliphatic rings. The number of aromatic amines is 1. The number of halogens is 1. The number of amides is 1. The van der Waals surface area contributed by atoms with E-state index < -0.39 is 17.5 Å². The third-order valence-electron chi connectivity index (χ3n) is 6.85. The zero-order chi connectivity index (χ0) is 26.0. The summed E-state index contributed by atoms with van der Waals surface area (Å²) in [4.78, 5) is 27.6. The van der Waals surface area contributed by atoms with Gasteiger partial charge in [-0.15, -0.1) is 21.5 Å². The van der Waals surface area contributed by atoms with Crippen LogP contribution in [-0.4, -0.2) is 55.8 Å². The van der Waals surface area contributed by atoms with E-state index in [1.807, 2.05) is 36.4 Å². The number of tetrazole rings is 1. The lowest BCUT2D eigenvalue weighted by Crippen LogP contribution is -2.44. The highest BCUT2D eigenvalue weighted by atomic mass is 79.9. The van der Waals surface area contributed by atoms with Gasteiger partial charge in [0.1, 0.15) is 0 Å². The fraction of sp³-hybridized carbons (Fsp3) is 0.346. The molecular weight excluding hydrogens is 558 g/mol. The van der Waals surface area contributed by atoms with Crippen molar-refractivity contribution in [2.75, 3.05) is 13.2 Å². The average Bonchev–Trinajstić information content (AvgIpc) is 3.66. The van der Waals surface area contributed by atoms with Gasteiger partial charge >= 0.3 is 12.1 Å². The van der Waals surface area contributed by atoms with Gasteiger partial charge in [0.05, 0.1) is 12.0 Å². The number of H-pyrrole nitrogens is 1. The molecule has 4 aromatic rings. The van der Waals surface area contributed by atoms with Gasteiger partial charge in [0, 0.05) is 38.1 Å². The van der Waals surface area contributed by atoms with Crippen LogP contribution < -0.4 is 0 Å². The molecule has 1 fully saturated rings. The van der Waals surface area contributed by atoms with E-state index >= 15 is 0 Å². The van der Waals surface area contributed by atoms with Crippen molar-refractivity contribution < 1.29 is 19.4 Å². The van der Waals surface area contributed by atoms with Crippen molar-refractivity contribution in [3.63, 3.8) is 0 Å². The van der Waals surface area contributed by atoms with Crippen molar-refractivity contribution in [1.29, 1.82) is 0 Å². The largest absolute Gasteiger partial charge is 0.481 e. The van der Waals surface area contributed by atoms with E-state index in [1.165, 1.54) is 0 Å². The summed E-state index contributed by atoms with van der Waals surface area (Å²) in [5.41, 5.74) is 1.93. The normalized spacial score (nSPS) is 14.6. The Hall–Kier alpha value is -3.31. The van der Waals surface area contributed by atoms with E-state index in [2.05, 4.69) is 42.6 Å². The first-order valence-electron chi connectivity index (χ1n) is 12.1. The number of carbonyl (C=O) groups is 2. The van der Waals surface area contributed by atoms with Crippen LogP contribution in [0.1, 0.15) is 38.2 Å². The van der Waals surface area contributed by atoms with Crippen molar-refractivity contribution in [2.45, 2.75) is 39.2 Å².